The van der Waals surface area contributed by atoms with E-state index in [2.05, 4.69) is 10.4 Å². The van der Waals surface area contributed by atoms with E-state index in [-0.39, 0.29) is 22.5 Å². The van der Waals surface area contributed by atoms with E-state index in [9.17, 15) is 14.3 Å². The lowest BCUT2D eigenvalue weighted by atomic mass is 10.1. The Morgan fingerprint density at radius 3 is 2.72 bits per heavy atom. The van der Waals surface area contributed by atoms with Gasteiger partial charge in [0.25, 0.3) is 5.91 Å². The number of carbonyl (C=O) groups is 1. The normalized spacial score (nSPS) is 17.1. The van der Waals surface area contributed by atoms with E-state index in [4.69, 9.17) is 16.6 Å². The quantitative estimate of drug-likeness (QED) is 0.621. The van der Waals surface area contributed by atoms with Gasteiger partial charge in [-0.25, -0.2) is 9.40 Å². The van der Waals surface area contributed by atoms with Crippen molar-refractivity contribution in [3.8, 4) is 5.75 Å². The number of hydrazone groups is 1. The number of hydrogen-bond donors (Lipinski definition) is 2. The molecule has 0 spiro atoms. The molecule has 0 fully saturated rings. The Morgan fingerprint density at radius 1 is 1.09 bits per heavy atom. The molecule has 5 rings (SSSR count). The number of phenols is 1. The maximum Gasteiger partial charge on any atom is 0.276 e. The van der Waals surface area contributed by atoms with Gasteiger partial charge < -0.3 is 5.11 Å². The van der Waals surface area contributed by atoms with Gasteiger partial charge in [-0.05, 0) is 23.8 Å². The van der Waals surface area contributed by atoms with E-state index in [1.807, 2.05) is 18.2 Å². The lowest BCUT2D eigenvalue weighted by molar-refractivity contribution is -0.116. The van der Waals surface area contributed by atoms with Gasteiger partial charge in [0.2, 0.25) is 0 Å². The number of phenolic OH excluding ortho intramolecular Hbond substituents is 1. The van der Waals surface area contributed by atoms with Crippen LogP contribution in [0.2, 0.25) is 5.02 Å². The maximum absolute atomic E-state index is 14.0. The van der Waals surface area contributed by atoms with Crippen LogP contribution in [0.15, 0.2) is 76.8 Å². The van der Waals surface area contributed by atoms with Gasteiger partial charge in [-0.15, -0.1) is 5.10 Å². The van der Waals surface area contributed by atoms with Gasteiger partial charge in [-0.1, -0.05) is 71.9 Å². The standard InChI is InChI=1S/C23H16ClFN4O2S/c24-19-15(8-5-11-18(19)30)21-26-17-10-4-2-7-14(17)20-22(31)27-23(28-29(20)21)32-12-13-6-1-3-9-16(13)25/h1-11,21,30H,12H2,(H,27,28,31). The van der Waals surface area contributed by atoms with Crippen LogP contribution in [0.3, 0.4) is 0 Å². The van der Waals surface area contributed by atoms with Crippen molar-refractivity contribution in [1.29, 1.82) is 0 Å². The largest absolute Gasteiger partial charge is 0.506 e. The van der Waals surface area contributed by atoms with Gasteiger partial charge in [0.1, 0.15) is 17.3 Å². The number of halogens is 2. The maximum atomic E-state index is 14.0. The molecule has 2 aliphatic rings. The number of benzene rings is 3. The molecule has 2 heterocycles. The summed E-state index contributed by atoms with van der Waals surface area (Å²) in [5.41, 5.74) is 1.34. The zero-order valence-electron chi connectivity index (χ0n) is 16.5. The molecule has 1 unspecified atom stereocenters. The number of rotatable bonds is 3. The molecule has 0 bridgehead atoms. The summed E-state index contributed by atoms with van der Waals surface area (Å²) < 4.78 is 14.0. The third-order valence-electron chi connectivity index (χ3n) is 5.12. The Hall–Kier alpha value is -3.36. The molecule has 1 amide bonds. The van der Waals surface area contributed by atoms with Crippen LogP contribution in [0.25, 0.3) is 5.70 Å². The van der Waals surface area contributed by atoms with Crippen LogP contribution in [0.4, 0.5) is 4.39 Å². The van der Waals surface area contributed by atoms with Crippen LogP contribution in [-0.4, -0.2) is 21.2 Å². The molecule has 0 saturated heterocycles. The number of carbonyl (C=O) groups excluding carboxylic acids is 1. The number of fused-ring (bicyclic) bond motifs is 2. The number of nitrogens with one attached hydrogen (secondary N) is 1. The van der Waals surface area contributed by atoms with Gasteiger partial charge in [0, 0.05) is 16.5 Å². The fourth-order valence-electron chi connectivity index (χ4n) is 3.59. The van der Waals surface area contributed by atoms with Crippen molar-refractivity contribution in [3.63, 3.8) is 0 Å². The van der Waals surface area contributed by atoms with Crippen molar-refractivity contribution in [2.75, 3.05) is 0 Å². The summed E-state index contributed by atoms with van der Waals surface area (Å²) in [6.07, 6.45) is -0.755. The molecular weight excluding hydrogens is 451 g/mol. The second-order valence-corrected chi connectivity index (χ2v) is 8.47. The summed E-state index contributed by atoms with van der Waals surface area (Å²) in [4.78, 5) is 17.9. The highest BCUT2D eigenvalue weighted by atomic mass is 35.5. The number of para-hydroxylation sites is 1. The monoisotopic (exact) mass is 466 g/mol. The summed E-state index contributed by atoms with van der Waals surface area (Å²) >= 11 is 7.58. The number of hydrogen-bond acceptors (Lipinski definition) is 6. The molecule has 0 saturated carbocycles. The fraction of sp³-hybridized carbons (Fsp3) is 0.0870. The van der Waals surface area contributed by atoms with E-state index < -0.39 is 6.17 Å². The summed E-state index contributed by atoms with van der Waals surface area (Å²) in [6, 6.07) is 18.6. The molecule has 160 valence electrons. The highest BCUT2D eigenvalue weighted by Crippen LogP contribution is 2.38. The summed E-state index contributed by atoms with van der Waals surface area (Å²) in [5.74, 6) is -0.458. The van der Waals surface area contributed by atoms with Crippen molar-refractivity contribution < 1.29 is 14.3 Å². The smallest absolute Gasteiger partial charge is 0.276 e. The molecule has 2 aliphatic heterocycles. The first-order valence-electron chi connectivity index (χ1n) is 9.73. The minimum atomic E-state index is -0.755. The topological polar surface area (TPSA) is 77.3 Å². The second kappa shape index (κ2) is 8.29. The predicted molar refractivity (Wildman–Crippen MR) is 122 cm³/mol. The molecule has 9 heteroatoms. The molecule has 0 aliphatic carbocycles. The average Bonchev–Trinajstić information content (AvgIpc) is 2.80. The summed E-state index contributed by atoms with van der Waals surface area (Å²) in [7, 11) is 0. The van der Waals surface area contributed by atoms with Crippen molar-refractivity contribution in [3.05, 3.63) is 99.3 Å². The zero-order chi connectivity index (χ0) is 22.2. The molecule has 2 N–H and O–H groups in total. The second-order valence-electron chi connectivity index (χ2n) is 7.13. The first-order valence-corrected chi connectivity index (χ1v) is 11.1. The molecule has 3 aromatic rings. The Kier molecular flexibility index (Phi) is 5.32. The van der Waals surface area contributed by atoms with E-state index in [1.165, 1.54) is 28.9 Å². The molecule has 1 atom stereocenters. The number of nitrogens with zero attached hydrogens (tertiary/aromatic N) is 3. The van der Waals surface area contributed by atoms with Crippen LogP contribution < -0.4 is 15.9 Å². The van der Waals surface area contributed by atoms with E-state index >= 15 is 0 Å². The Balaban J connectivity index is 1.60. The Labute approximate surface area is 191 Å². The van der Waals surface area contributed by atoms with Crippen molar-refractivity contribution in [2.24, 2.45) is 10.1 Å². The Bertz CT molecular complexity index is 1390. The molecule has 0 aromatic heterocycles. The Morgan fingerprint density at radius 2 is 1.88 bits per heavy atom. The molecule has 32 heavy (non-hydrogen) atoms. The lowest BCUT2D eigenvalue weighted by Gasteiger charge is -2.34. The van der Waals surface area contributed by atoms with E-state index in [0.717, 1.165) is 0 Å². The molecule has 6 nitrogen and oxygen atoms in total. The number of thioether (sulfide) groups is 1. The highest BCUT2D eigenvalue weighted by molar-refractivity contribution is 8.13. The molecular formula is C23H16ClFN4O2S. The SMILES string of the molecule is O=C1NC(SCc2ccccc2F)=NN2C1=c1ccccc1=NC2c1cccc(O)c1Cl. The zero-order valence-corrected chi connectivity index (χ0v) is 18.1. The van der Waals surface area contributed by atoms with Gasteiger partial charge in [-0.3, -0.25) is 15.1 Å². The van der Waals surface area contributed by atoms with Gasteiger partial charge in [0.05, 0.1) is 10.4 Å². The third kappa shape index (κ3) is 3.61. The van der Waals surface area contributed by atoms with E-state index in [0.29, 0.717) is 38.3 Å². The predicted octanol–water partition coefficient (Wildman–Crippen LogP) is 3.26. The number of amidine groups is 1. The molecule has 0 radical (unpaired) electrons. The van der Waals surface area contributed by atoms with Crippen LogP contribution >= 0.6 is 23.4 Å². The van der Waals surface area contributed by atoms with E-state index in [1.54, 1.807) is 36.4 Å². The summed E-state index contributed by atoms with van der Waals surface area (Å²) in [5, 5.41) is 20.7. The lowest BCUT2D eigenvalue weighted by Crippen LogP contribution is -2.50. The number of aromatic hydroxyl groups is 1. The third-order valence-corrected chi connectivity index (χ3v) is 6.45. The van der Waals surface area contributed by atoms with Crippen molar-refractivity contribution in [2.45, 2.75) is 11.9 Å². The van der Waals surface area contributed by atoms with Crippen molar-refractivity contribution in [1.82, 2.24) is 10.3 Å². The first-order chi connectivity index (χ1) is 15.5. The average molecular weight is 467 g/mol. The van der Waals surface area contributed by atoms with Crippen LogP contribution in [0.5, 0.6) is 5.75 Å². The number of amides is 1. The summed E-state index contributed by atoms with van der Waals surface area (Å²) in [6.45, 7) is 0. The van der Waals surface area contributed by atoms with Gasteiger partial charge in [-0.2, -0.15) is 0 Å². The first kappa shape index (κ1) is 20.5. The van der Waals surface area contributed by atoms with Crippen LogP contribution in [0, 0.1) is 5.82 Å². The fourth-order valence-corrected chi connectivity index (χ4v) is 4.65. The molecule has 3 aromatic carbocycles. The van der Waals surface area contributed by atoms with Gasteiger partial charge >= 0.3 is 0 Å². The van der Waals surface area contributed by atoms with Crippen molar-refractivity contribution >= 4 is 40.1 Å². The highest BCUT2D eigenvalue weighted by Gasteiger charge is 2.35. The van der Waals surface area contributed by atoms with Crippen LogP contribution in [0.1, 0.15) is 17.3 Å². The van der Waals surface area contributed by atoms with Crippen LogP contribution in [-0.2, 0) is 10.5 Å². The minimum Gasteiger partial charge on any atom is -0.506 e. The minimum absolute atomic E-state index is 0.0839. The van der Waals surface area contributed by atoms with Gasteiger partial charge in [0.15, 0.2) is 11.3 Å².